The van der Waals surface area contributed by atoms with Gasteiger partial charge in [-0.2, -0.15) is 0 Å². The number of fused-ring (bicyclic) bond motifs is 1. The topological polar surface area (TPSA) is 18.0 Å². The number of nitrogens with zero attached hydrogens (tertiary/aromatic N) is 2. The van der Waals surface area contributed by atoms with E-state index in [9.17, 15) is 0 Å². The molecule has 0 saturated carbocycles. The van der Waals surface area contributed by atoms with Crippen molar-refractivity contribution in [1.29, 1.82) is 0 Å². The molecule has 4 aromatic carbocycles. The number of aryl methyl sites for hydroxylation is 1. The van der Waals surface area contributed by atoms with Crippen LogP contribution in [0.25, 0.3) is 27.3 Å². The molecule has 3 heteroatoms. The number of rotatable bonds is 7. The minimum atomic E-state index is -0.209. The van der Waals surface area contributed by atoms with Crippen molar-refractivity contribution < 1.29 is 30.4 Å². The molecular formula is C38H42HfN2. The van der Waals surface area contributed by atoms with Crippen LogP contribution < -0.4 is 4.57 Å². The number of hydrogen-bond acceptors (Lipinski definition) is 0. The van der Waals surface area contributed by atoms with E-state index < -0.39 is 0 Å². The Morgan fingerprint density at radius 1 is 0.707 bits per heavy atom. The molecule has 0 saturated heterocycles. The second kappa shape index (κ2) is 14.6. The summed E-state index contributed by atoms with van der Waals surface area (Å²) < 4.78 is 2.07. The van der Waals surface area contributed by atoms with E-state index in [0.717, 1.165) is 22.6 Å². The van der Waals surface area contributed by atoms with Gasteiger partial charge in [0.1, 0.15) is 5.69 Å². The van der Waals surface area contributed by atoms with Gasteiger partial charge in [0.2, 0.25) is 0 Å². The van der Waals surface area contributed by atoms with Gasteiger partial charge in [-0.05, 0) is 30.4 Å². The van der Waals surface area contributed by atoms with Gasteiger partial charge in [0.05, 0.1) is 5.69 Å². The maximum Gasteiger partial charge on any atom is 4.00 e. The van der Waals surface area contributed by atoms with E-state index >= 15 is 0 Å². The zero-order valence-corrected chi connectivity index (χ0v) is 29.2. The van der Waals surface area contributed by atoms with E-state index in [-0.39, 0.29) is 46.7 Å². The molecule has 2 nitrogen and oxygen atoms in total. The standard InChI is InChI=1S/C36H36N2.2CH3.Hf/c1-24(2)28-17-9-10-19-32(28)36(37-35-26(5)14-11-20-29(35)25(3)4)34-23-13-22-33(38(34)6)31-21-12-16-27-15-7-8-18-30(27)31;;;/h7-20,22-25,36H,6H2,1-5H3;2*1H3;/q-2;2*-1;+4. The van der Waals surface area contributed by atoms with Crippen LogP contribution in [0.3, 0.4) is 0 Å². The van der Waals surface area contributed by atoms with Gasteiger partial charge in [0, 0.05) is 7.05 Å². The van der Waals surface area contributed by atoms with Crippen molar-refractivity contribution >= 4 is 16.5 Å². The summed E-state index contributed by atoms with van der Waals surface area (Å²) in [4.78, 5) is 0. The number of para-hydroxylation sites is 1. The number of pyridine rings is 1. The van der Waals surface area contributed by atoms with Crippen LogP contribution in [-0.2, 0) is 25.8 Å². The molecule has 0 aliphatic carbocycles. The molecule has 0 N–H and O–H groups in total. The van der Waals surface area contributed by atoms with Crippen LogP contribution >= 0.6 is 0 Å². The largest absolute Gasteiger partial charge is 4.00 e. The van der Waals surface area contributed by atoms with Crippen LogP contribution in [0.2, 0.25) is 0 Å². The SMILES string of the molecule is [CH2-][n+]1c(-c2[c-]ccc3ccccc23)cccc1C([N-]c1c(C)cccc1C(C)C)c1ccccc1C(C)C.[CH3-].[CH3-].[Hf+4]. The fourth-order valence-electron chi connectivity index (χ4n) is 5.42. The molecule has 1 atom stereocenters. The second-order valence-corrected chi connectivity index (χ2v) is 10.7. The summed E-state index contributed by atoms with van der Waals surface area (Å²) >= 11 is 0. The average Bonchev–Trinajstić information content (AvgIpc) is 2.92. The maximum absolute atomic E-state index is 5.55. The first-order chi connectivity index (χ1) is 18.4. The Kier molecular flexibility index (Phi) is 12.2. The normalized spacial score (nSPS) is 11.4. The summed E-state index contributed by atoms with van der Waals surface area (Å²) in [5, 5.41) is 7.91. The van der Waals surface area contributed by atoms with Crippen molar-refractivity contribution in [2.75, 3.05) is 0 Å². The van der Waals surface area contributed by atoms with Crippen molar-refractivity contribution in [3.05, 3.63) is 158 Å². The van der Waals surface area contributed by atoms with E-state index in [1.165, 1.54) is 33.0 Å². The molecule has 5 rings (SSSR count). The first kappa shape index (κ1) is 34.0. The third kappa shape index (κ3) is 6.84. The van der Waals surface area contributed by atoms with Crippen molar-refractivity contribution in [3.8, 4) is 11.3 Å². The number of hydrogen-bond donors (Lipinski definition) is 0. The third-order valence-electron chi connectivity index (χ3n) is 7.44. The molecule has 0 aliphatic heterocycles. The van der Waals surface area contributed by atoms with Gasteiger partial charge < -0.3 is 24.7 Å². The van der Waals surface area contributed by atoms with Crippen molar-refractivity contribution in [2.45, 2.75) is 52.5 Å². The van der Waals surface area contributed by atoms with Gasteiger partial charge >= 0.3 is 25.8 Å². The Hall–Kier alpha value is -3.17. The summed E-state index contributed by atoms with van der Waals surface area (Å²) in [5.74, 6) is 0.747. The molecule has 1 aromatic heterocycles. The molecule has 0 amide bonds. The Morgan fingerprint density at radius 3 is 2.02 bits per heavy atom. The molecule has 1 unspecified atom stereocenters. The zero-order valence-electron chi connectivity index (χ0n) is 25.6. The van der Waals surface area contributed by atoms with E-state index in [2.05, 4.69) is 143 Å². The Balaban J connectivity index is 0.00000196. The molecule has 5 aromatic rings. The van der Waals surface area contributed by atoms with Gasteiger partial charge in [0.25, 0.3) is 0 Å². The molecule has 0 radical (unpaired) electrons. The minimum absolute atomic E-state index is 0. The van der Waals surface area contributed by atoms with Crippen molar-refractivity contribution in [1.82, 2.24) is 0 Å². The molecule has 1 heterocycles. The van der Waals surface area contributed by atoms with Crippen LogP contribution in [0.4, 0.5) is 5.69 Å². The molecule has 208 valence electrons. The van der Waals surface area contributed by atoms with Gasteiger partial charge in [-0.25, -0.2) is 0 Å². The minimum Gasteiger partial charge on any atom is -0.679 e. The quantitative estimate of drug-likeness (QED) is 0.0912. The molecule has 0 fully saturated rings. The average molecular weight is 705 g/mol. The summed E-state index contributed by atoms with van der Waals surface area (Å²) in [6, 6.07) is 37.5. The fraction of sp³-hybridized carbons (Fsp3) is 0.211. The van der Waals surface area contributed by atoms with Crippen molar-refractivity contribution in [3.63, 3.8) is 0 Å². The van der Waals surface area contributed by atoms with E-state index in [4.69, 9.17) is 5.32 Å². The maximum atomic E-state index is 5.55. The molecule has 0 spiro atoms. The van der Waals surface area contributed by atoms with Crippen LogP contribution in [-0.4, -0.2) is 0 Å². The van der Waals surface area contributed by atoms with E-state index in [0.29, 0.717) is 11.8 Å². The van der Waals surface area contributed by atoms with Crippen LogP contribution in [0.5, 0.6) is 0 Å². The van der Waals surface area contributed by atoms with Gasteiger partial charge in [0.15, 0.2) is 0 Å². The monoisotopic (exact) mass is 706 g/mol. The van der Waals surface area contributed by atoms with Crippen LogP contribution in [0, 0.1) is 34.9 Å². The third-order valence-corrected chi connectivity index (χ3v) is 7.44. The smallest absolute Gasteiger partial charge is 0.679 e. The Bertz CT molecular complexity index is 1580. The first-order valence-electron chi connectivity index (χ1n) is 13.5. The number of aromatic nitrogens is 1. The van der Waals surface area contributed by atoms with Crippen LogP contribution in [0.15, 0.2) is 97.1 Å². The van der Waals surface area contributed by atoms with Crippen LogP contribution in [0.1, 0.15) is 73.5 Å². The first-order valence-corrected chi connectivity index (χ1v) is 13.5. The van der Waals surface area contributed by atoms with E-state index in [1.54, 1.807) is 0 Å². The molecular weight excluding hydrogens is 663 g/mol. The Labute approximate surface area is 267 Å². The van der Waals surface area contributed by atoms with Gasteiger partial charge in [-0.1, -0.05) is 140 Å². The summed E-state index contributed by atoms with van der Waals surface area (Å²) in [6.07, 6.45) is 0. The van der Waals surface area contributed by atoms with Crippen molar-refractivity contribution in [2.24, 2.45) is 0 Å². The molecule has 0 bridgehead atoms. The summed E-state index contributed by atoms with van der Waals surface area (Å²) in [7, 11) is 4.58. The molecule has 0 aliphatic rings. The van der Waals surface area contributed by atoms with Gasteiger partial charge in [-0.15, -0.1) is 29.3 Å². The predicted octanol–water partition coefficient (Wildman–Crippen LogP) is 10.5. The fourth-order valence-corrected chi connectivity index (χ4v) is 5.42. The summed E-state index contributed by atoms with van der Waals surface area (Å²) in [6.45, 7) is 11.1. The Morgan fingerprint density at radius 2 is 1.32 bits per heavy atom. The number of benzene rings is 4. The predicted molar refractivity (Wildman–Crippen MR) is 173 cm³/mol. The zero-order chi connectivity index (χ0) is 26.8. The summed E-state index contributed by atoms with van der Waals surface area (Å²) in [5.41, 5.74) is 9.19. The van der Waals surface area contributed by atoms with E-state index in [1.807, 2.05) is 6.07 Å². The second-order valence-electron chi connectivity index (χ2n) is 10.7. The van der Waals surface area contributed by atoms with Gasteiger partial charge in [-0.3, -0.25) is 0 Å². The molecule has 41 heavy (non-hydrogen) atoms.